The molecule has 0 aliphatic carbocycles. The zero-order chi connectivity index (χ0) is 19.6. The summed E-state index contributed by atoms with van der Waals surface area (Å²) in [5.74, 6) is -1.45. The first-order valence-electron chi connectivity index (χ1n) is 8.85. The number of ether oxygens (including phenoxy) is 2. The van der Waals surface area contributed by atoms with Crippen molar-refractivity contribution < 1.29 is 28.9 Å². The third-order valence-electron chi connectivity index (χ3n) is 4.14. The van der Waals surface area contributed by atoms with Crippen LogP contribution in [0.2, 0.25) is 0 Å². The Morgan fingerprint density at radius 1 is 1.41 bits per heavy atom. The average molecular weight is 381 g/mol. The van der Waals surface area contributed by atoms with E-state index in [2.05, 4.69) is 5.32 Å². The molecule has 0 radical (unpaired) electrons. The smallest absolute Gasteiger partial charge is 0.317 e. The van der Waals surface area contributed by atoms with E-state index in [-0.39, 0.29) is 24.0 Å². The summed E-state index contributed by atoms with van der Waals surface area (Å²) < 4.78 is 24.1. The first kappa shape index (κ1) is 20.7. The summed E-state index contributed by atoms with van der Waals surface area (Å²) in [6.07, 6.45) is 0.978. The van der Waals surface area contributed by atoms with Gasteiger partial charge in [-0.2, -0.15) is 5.26 Å². The Morgan fingerprint density at radius 2 is 2.15 bits per heavy atom. The van der Waals surface area contributed by atoms with Crippen molar-refractivity contribution in [2.45, 2.75) is 25.4 Å². The standard InChI is InChI=1S/C18H24FN3O5/c19-15-10-16(24)13(11-20)9-17(15)27-12-14(23)3-1-2-4-21-18(25)22-5-7-26-8-6-22/h9-10,14,23-24H,1-8,12H2,(H,21,25)/t14-/m0/s1. The van der Waals surface area contributed by atoms with Gasteiger partial charge in [0.2, 0.25) is 0 Å². The molecule has 3 N–H and O–H groups in total. The molecule has 1 aromatic rings. The number of halogens is 1. The van der Waals surface area contributed by atoms with Gasteiger partial charge in [-0.15, -0.1) is 0 Å². The number of carbonyl (C=O) groups excluding carboxylic acids is 1. The zero-order valence-electron chi connectivity index (χ0n) is 15.0. The van der Waals surface area contributed by atoms with Gasteiger partial charge in [0.1, 0.15) is 18.4 Å². The number of aromatic hydroxyl groups is 1. The van der Waals surface area contributed by atoms with Gasteiger partial charge >= 0.3 is 6.03 Å². The van der Waals surface area contributed by atoms with Crippen molar-refractivity contribution in [3.63, 3.8) is 0 Å². The molecule has 1 atom stereocenters. The van der Waals surface area contributed by atoms with Gasteiger partial charge in [-0.05, 0) is 19.3 Å². The first-order chi connectivity index (χ1) is 13.0. The average Bonchev–Trinajstić information content (AvgIpc) is 2.67. The highest BCUT2D eigenvalue weighted by Crippen LogP contribution is 2.26. The molecule has 9 heteroatoms. The van der Waals surface area contributed by atoms with Crippen molar-refractivity contribution in [2.75, 3.05) is 39.5 Å². The SMILES string of the molecule is N#Cc1cc(OC[C@@H](O)CCCCNC(=O)N2CCOCC2)c(F)cc1O. The number of rotatable bonds is 8. The fraction of sp³-hybridized carbons (Fsp3) is 0.556. The van der Waals surface area contributed by atoms with Gasteiger partial charge in [0.05, 0.1) is 24.9 Å². The Labute approximate surface area is 157 Å². The van der Waals surface area contributed by atoms with Gasteiger partial charge in [-0.3, -0.25) is 0 Å². The summed E-state index contributed by atoms with van der Waals surface area (Å²) in [5.41, 5.74) is -0.100. The highest BCUT2D eigenvalue weighted by molar-refractivity contribution is 5.74. The Kier molecular flexibility index (Phi) is 8.10. The topological polar surface area (TPSA) is 115 Å². The molecule has 0 saturated carbocycles. The summed E-state index contributed by atoms with van der Waals surface area (Å²) in [6.45, 7) is 2.65. The zero-order valence-corrected chi connectivity index (χ0v) is 15.0. The molecule has 0 spiro atoms. The van der Waals surface area contributed by atoms with Crippen LogP contribution in [-0.2, 0) is 4.74 Å². The molecule has 0 bridgehead atoms. The van der Waals surface area contributed by atoms with Gasteiger partial charge in [-0.25, -0.2) is 9.18 Å². The van der Waals surface area contributed by atoms with E-state index in [1.807, 2.05) is 0 Å². The molecule has 27 heavy (non-hydrogen) atoms. The van der Waals surface area contributed by atoms with Gasteiger partial charge in [0.25, 0.3) is 0 Å². The monoisotopic (exact) mass is 381 g/mol. The van der Waals surface area contributed by atoms with E-state index < -0.39 is 17.7 Å². The Balaban J connectivity index is 1.62. The number of aliphatic hydroxyl groups is 1. The summed E-state index contributed by atoms with van der Waals surface area (Å²) in [4.78, 5) is 13.6. The Bertz CT molecular complexity index is 674. The normalized spacial score (nSPS) is 15.1. The minimum atomic E-state index is -0.807. The molecule has 8 nitrogen and oxygen atoms in total. The summed E-state index contributed by atoms with van der Waals surface area (Å²) >= 11 is 0. The van der Waals surface area contributed by atoms with Crippen LogP contribution in [0.25, 0.3) is 0 Å². The third kappa shape index (κ3) is 6.58. The molecule has 1 saturated heterocycles. The number of unbranched alkanes of at least 4 members (excludes halogenated alkanes) is 1. The molecule has 2 rings (SSSR count). The van der Waals surface area contributed by atoms with E-state index >= 15 is 0 Å². The van der Waals surface area contributed by atoms with Crippen LogP contribution in [0.1, 0.15) is 24.8 Å². The fourth-order valence-corrected chi connectivity index (χ4v) is 2.59. The number of hydrogen-bond donors (Lipinski definition) is 3. The minimum absolute atomic E-state index is 0.100. The Morgan fingerprint density at radius 3 is 2.85 bits per heavy atom. The van der Waals surface area contributed by atoms with E-state index in [0.29, 0.717) is 52.1 Å². The van der Waals surface area contributed by atoms with E-state index in [9.17, 15) is 19.4 Å². The second kappa shape index (κ2) is 10.5. The molecule has 0 unspecified atom stereocenters. The van der Waals surface area contributed by atoms with Crippen LogP contribution in [0, 0.1) is 17.1 Å². The Hall–Kier alpha value is -2.57. The molecule has 1 fully saturated rings. The molecule has 0 aromatic heterocycles. The lowest BCUT2D eigenvalue weighted by Crippen LogP contribution is -2.46. The second-order valence-electron chi connectivity index (χ2n) is 6.20. The van der Waals surface area contributed by atoms with Crippen LogP contribution < -0.4 is 10.1 Å². The number of aliphatic hydroxyl groups excluding tert-OH is 1. The van der Waals surface area contributed by atoms with E-state index in [4.69, 9.17) is 14.7 Å². The number of urea groups is 1. The van der Waals surface area contributed by atoms with Crippen LogP contribution in [0.5, 0.6) is 11.5 Å². The molecule has 148 valence electrons. The maximum Gasteiger partial charge on any atom is 0.317 e. The van der Waals surface area contributed by atoms with Crippen molar-refractivity contribution in [3.05, 3.63) is 23.5 Å². The minimum Gasteiger partial charge on any atom is -0.506 e. The molecule has 1 aromatic carbocycles. The lowest BCUT2D eigenvalue weighted by molar-refractivity contribution is 0.0532. The highest BCUT2D eigenvalue weighted by Gasteiger charge is 2.16. The van der Waals surface area contributed by atoms with Gasteiger partial charge in [-0.1, -0.05) is 0 Å². The van der Waals surface area contributed by atoms with Crippen molar-refractivity contribution in [1.29, 1.82) is 5.26 Å². The number of benzene rings is 1. The van der Waals surface area contributed by atoms with Crippen molar-refractivity contribution >= 4 is 6.03 Å². The molecular formula is C18H24FN3O5. The van der Waals surface area contributed by atoms with Gasteiger partial charge in [0.15, 0.2) is 11.6 Å². The van der Waals surface area contributed by atoms with Gasteiger partial charge < -0.3 is 29.9 Å². The number of nitriles is 1. The van der Waals surface area contributed by atoms with E-state index in [0.717, 1.165) is 12.1 Å². The second-order valence-corrected chi connectivity index (χ2v) is 6.20. The highest BCUT2D eigenvalue weighted by atomic mass is 19.1. The maximum absolute atomic E-state index is 13.7. The molecular weight excluding hydrogens is 357 g/mol. The van der Waals surface area contributed by atoms with Gasteiger partial charge in [0, 0.05) is 31.8 Å². The lowest BCUT2D eigenvalue weighted by Gasteiger charge is -2.26. The molecule has 1 aliphatic heterocycles. The fourth-order valence-electron chi connectivity index (χ4n) is 2.59. The van der Waals surface area contributed by atoms with Crippen LogP contribution in [0.15, 0.2) is 12.1 Å². The molecule has 2 amide bonds. The maximum atomic E-state index is 13.7. The van der Waals surface area contributed by atoms with Crippen molar-refractivity contribution in [3.8, 4) is 17.6 Å². The number of nitrogens with zero attached hydrogens (tertiary/aromatic N) is 2. The largest absolute Gasteiger partial charge is 0.506 e. The quantitative estimate of drug-likeness (QED) is 0.586. The van der Waals surface area contributed by atoms with E-state index in [1.54, 1.807) is 11.0 Å². The number of amides is 2. The molecule has 1 heterocycles. The van der Waals surface area contributed by atoms with Crippen LogP contribution in [0.3, 0.4) is 0 Å². The number of nitrogens with one attached hydrogen (secondary N) is 1. The number of phenols is 1. The van der Waals surface area contributed by atoms with Crippen LogP contribution in [-0.4, -0.2) is 66.7 Å². The predicted molar refractivity (Wildman–Crippen MR) is 93.9 cm³/mol. The summed E-state index contributed by atoms with van der Waals surface area (Å²) in [7, 11) is 0. The molecule has 1 aliphatic rings. The summed E-state index contributed by atoms with van der Waals surface area (Å²) in [5, 5.41) is 30.9. The van der Waals surface area contributed by atoms with Crippen LogP contribution in [0.4, 0.5) is 9.18 Å². The van der Waals surface area contributed by atoms with E-state index in [1.165, 1.54) is 0 Å². The number of carbonyl (C=O) groups is 1. The van der Waals surface area contributed by atoms with Crippen LogP contribution >= 0.6 is 0 Å². The lowest BCUT2D eigenvalue weighted by atomic mass is 10.1. The number of phenolic OH excluding ortho intramolecular Hbond substituents is 1. The van der Waals surface area contributed by atoms with Crippen molar-refractivity contribution in [1.82, 2.24) is 10.2 Å². The number of hydrogen-bond acceptors (Lipinski definition) is 6. The number of morpholine rings is 1. The first-order valence-corrected chi connectivity index (χ1v) is 8.85. The summed E-state index contributed by atoms with van der Waals surface area (Å²) in [6, 6.07) is 3.51. The third-order valence-corrected chi connectivity index (χ3v) is 4.14. The van der Waals surface area contributed by atoms with Crippen molar-refractivity contribution in [2.24, 2.45) is 0 Å². The predicted octanol–water partition coefficient (Wildman–Crippen LogP) is 1.35.